The fourth-order valence-electron chi connectivity index (χ4n) is 8.34. The molecule has 0 spiro atoms. The molecule has 0 heterocycles. The van der Waals surface area contributed by atoms with Gasteiger partial charge in [0.1, 0.15) is 13.2 Å². The maximum Gasteiger partial charge on any atom is 0.306 e. The summed E-state index contributed by atoms with van der Waals surface area (Å²) in [5.74, 6) is -0.940. The first-order chi connectivity index (χ1) is 37.0. The minimum atomic E-state index is -0.805. The lowest BCUT2D eigenvalue weighted by Gasteiger charge is -2.18. The quantitative estimate of drug-likeness (QED) is 0.0261. The summed E-state index contributed by atoms with van der Waals surface area (Å²) in [5, 5.41) is 0. The fourth-order valence-corrected chi connectivity index (χ4v) is 8.34. The zero-order valence-corrected chi connectivity index (χ0v) is 48.8. The van der Waals surface area contributed by atoms with Crippen LogP contribution in [0.3, 0.4) is 0 Å². The van der Waals surface area contributed by atoms with Gasteiger partial charge in [0.05, 0.1) is 0 Å². The summed E-state index contributed by atoms with van der Waals surface area (Å²) in [6.07, 6.45) is 86.2. The van der Waals surface area contributed by atoms with Crippen LogP contribution < -0.4 is 0 Å². The lowest BCUT2D eigenvalue weighted by atomic mass is 10.1. The molecule has 0 saturated carbocycles. The van der Waals surface area contributed by atoms with Gasteiger partial charge in [0.25, 0.3) is 0 Å². The number of unbranched alkanes of at least 4 members (excludes halogenated alkanes) is 24. The average molecular weight is 1040 g/mol. The van der Waals surface area contributed by atoms with E-state index < -0.39 is 6.10 Å². The van der Waals surface area contributed by atoms with Gasteiger partial charge in [-0.3, -0.25) is 14.4 Å². The van der Waals surface area contributed by atoms with E-state index >= 15 is 0 Å². The Morgan fingerprint density at radius 3 is 0.840 bits per heavy atom. The van der Waals surface area contributed by atoms with Crippen molar-refractivity contribution >= 4 is 17.9 Å². The summed E-state index contributed by atoms with van der Waals surface area (Å²) >= 11 is 0. The van der Waals surface area contributed by atoms with Crippen molar-refractivity contribution in [2.75, 3.05) is 13.2 Å². The van der Waals surface area contributed by atoms with Crippen molar-refractivity contribution in [3.05, 3.63) is 122 Å². The van der Waals surface area contributed by atoms with Crippen molar-refractivity contribution in [3.63, 3.8) is 0 Å². The Hall–Kier alpha value is -4.19. The van der Waals surface area contributed by atoms with E-state index in [9.17, 15) is 14.4 Å². The molecule has 0 aliphatic rings. The van der Waals surface area contributed by atoms with E-state index in [1.807, 2.05) is 0 Å². The standard InChI is InChI=1S/C69H114O6/c1-4-7-10-13-16-19-22-25-28-30-32-33-34-35-37-38-41-44-47-50-53-56-59-62-68(71)74-65-66(64-73-67(70)61-58-55-52-49-46-43-40-27-24-21-18-15-12-9-6-3)75-69(72)63-60-57-54-51-48-45-42-39-36-31-29-26-23-20-17-14-11-8-5-2/h7-8,10-11,16-17,19-20,25-29,32-33,36,39-40,45,48,66H,4-6,9,12-15,18,21-24,30-31,34-35,37-38,41-44,46-47,49-65H2,1-3H3/b10-7-,11-8-,19-16-,20-17-,28-25-,29-26-,33-32-,39-36-,40-27-,48-45-. The Kier molecular flexibility index (Phi) is 58.9. The molecule has 1 atom stereocenters. The second-order valence-electron chi connectivity index (χ2n) is 20.2. The second-order valence-corrected chi connectivity index (χ2v) is 20.2. The molecule has 0 aliphatic heterocycles. The molecule has 0 aliphatic carbocycles. The van der Waals surface area contributed by atoms with Crippen molar-refractivity contribution in [2.45, 2.75) is 284 Å². The molecule has 6 heteroatoms. The highest BCUT2D eigenvalue weighted by Crippen LogP contribution is 2.15. The molecule has 0 N–H and O–H groups in total. The molecular formula is C69H114O6. The van der Waals surface area contributed by atoms with Gasteiger partial charge in [-0.05, 0) is 128 Å². The van der Waals surface area contributed by atoms with Crippen LogP contribution in [0.1, 0.15) is 278 Å². The SMILES string of the molecule is CC/C=C\C/C=C\C/C=C\C/C=C\C/C=C\CCCCCC(=O)OC(COC(=O)CCCCCCC/C=C\CCCCCCCC)COC(=O)CCCCCCCCCCCC/C=C\C/C=C\C/C=C\C/C=C\CC. The van der Waals surface area contributed by atoms with Crippen LogP contribution in [-0.2, 0) is 28.6 Å². The summed E-state index contributed by atoms with van der Waals surface area (Å²) < 4.78 is 16.9. The van der Waals surface area contributed by atoms with Crippen LogP contribution in [0.5, 0.6) is 0 Å². The molecule has 0 aromatic rings. The van der Waals surface area contributed by atoms with Crippen molar-refractivity contribution in [1.29, 1.82) is 0 Å². The van der Waals surface area contributed by atoms with E-state index in [-0.39, 0.29) is 37.5 Å². The first kappa shape index (κ1) is 70.8. The zero-order valence-electron chi connectivity index (χ0n) is 48.8. The average Bonchev–Trinajstić information content (AvgIpc) is 3.41. The van der Waals surface area contributed by atoms with E-state index in [1.165, 1.54) is 103 Å². The highest BCUT2D eigenvalue weighted by molar-refractivity contribution is 5.71. The third kappa shape index (κ3) is 60.6. The summed E-state index contributed by atoms with van der Waals surface area (Å²) in [4.78, 5) is 38.3. The van der Waals surface area contributed by atoms with E-state index in [0.29, 0.717) is 12.8 Å². The number of rotatable bonds is 55. The van der Waals surface area contributed by atoms with Crippen LogP contribution in [0.25, 0.3) is 0 Å². The van der Waals surface area contributed by atoms with Gasteiger partial charge in [0.15, 0.2) is 6.10 Å². The number of esters is 3. The Labute approximate surface area is 462 Å². The monoisotopic (exact) mass is 1040 g/mol. The van der Waals surface area contributed by atoms with Crippen molar-refractivity contribution in [2.24, 2.45) is 0 Å². The van der Waals surface area contributed by atoms with Crippen molar-refractivity contribution in [3.8, 4) is 0 Å². The predicted octanol–water partition coefficient (Wildman–Crippen LogP) is 21.2. The molecule has 1 unspecified atom stereocenters. The Balaban J connectivity index is 4.44. The van der Waals surface area contributed by atoms with Crippen LogP contribution in [0, 0.1) is 0 Å². The van der Waals surface area contributed by atoms with E-state index in [1.54, 1.807) is 0 Å². The number of hydrogen-bond acceptors (Lipinski definition) is 6. The number of carbonyl (C=O) groups is 3. The van der Waals surface area contributed by atoms with Gasteiger partial charge in [-0.2, -0.15) is 0 Å². The predicted molar refractivity (Wildman–Crippen MR) is 325 cm³/mol. The molecule has 0 radical (unpaired) electrons. The smallest absolute Gasteiger partial charge is 0.306 e. The van der Waals surface area contributed by atoms with Gasteiger partial charge in [-0.15, -0.1) is 0 Å². The molecule has 0 aromatic heterocycles. The first-order valence-electron chi connectivity index (χ1n) is 31.0. The molecule has 0 saturated heterocycles. The summed E-state index contributed by atoms with van der Waals surface area (Å²) in [5.41, 5.74) is 0. The first-order valence-corrected chi connectivity index (χ1v) is 31.0. The minimum Gasteiger partial charge on any atom is -0.462 e. The maximum atomic E-state index is 12.9. The molecule has 0 amide bonds. The normalized spacial score (nSPS) is 12.9. The van der Waals surface area contributed by atoms with Gasteiger partial charge >= 0.3 is 17.9 Å². The minimum absolute atomic E-state index is 0.0984. The topological polar surface area (TPSA) is 78.9 Å². The van der Waals surface area contributed by atoms with E-state index in [0.717, 1.165) is 135 Å². The van der Waals surface area contributed by atoms with Crippen LogP contribution in [0.15, 0.2) is 122 Å². The number of ether oxygens (including phenoxy) is 3. The third-order valence-corrected chi connectivity index (χ3v) is 12.9. The van der Waals surface area contributed by atoms with Crippen LogP contribution in [-0.4, -0.2) is 37.2 Å². The third-order valence-electron chi connectivity index (χ3n) is 12.9. The zero-order chi connectivity index (χ0) is 54.3. The van der Waals surface area contributed by atoms with Crippen LogP contribution >= 0.6 is 0 Å². The van der Waals surface area contributed by atoms with Gasteiger partial charge < -0.3 is 14.2 Å². The lowest BCUT2D eigenvalue weighted by Crippen LogP contribution is -2.30. The summed E-state index contributed by atoms with van der Waals surface area (Å²) in [6.45, 7) is 6.38. The Morgan fingerprint density at radius 1 is 0.280 bits per heavy atom. The lowest BCUT2D eigenvalue weighted by molar-refractivity contribution is -0.167. The van der Waals surface area contributed by atoms with Gasteiger partial charge in [0, 0.05) is 19.3 Å². The second kappa shape index (κ2) is 62.4. The number of allylic oxidation sites excluding steroid dienone is 20. The highest BCUT2D eigenvalue weighted by Gasteiger charge is 2.19. The highest BCUT2D eigenvalue weighted by atomic mass is 16.6. The largest absolute Gasteiger partial charge is 0.462 e. The molecule has 426 valence electrons. The Bertz CT molecular complexity index is 1570. The molecule has 75 heavy (non-hydrogen) atoms. The molecule has 6 nitrogen and oxygen atoms in total. The van der Waals surface area contributed by atoms with Crippen LogP contribution in [0.4, 0.5) is 0 Å². The summed E-state index contributed by atoms with van der Waals surface area (Å²) in [7, 11) is 0. The van der Waals surface area contributed by atoms with E-state index in [4.69, 9.17) is 14.2 Å². The van der Waals surface area contributed by atoms with Crippen molar-refractivity contribution in [1.82, 2.24) is 0 Å². The van der Waals surface area contributed by atoms with E-state index in [2.05, 4.69) is 142 Å². The van der Waals surface area contributed by atoms with Crippen molar-refractivity contribution < 1.29 is 28.6 Å². The fraction of sp³-hybridized carbons (Fsp3) is 0.667. The maximum absolute atomic E-state index is 12.9. The van der Waals surface area contributed by atoms with Gasteiger partial charge in [0.2, 0.25) is 0 Å². The molecule has 0 aromatic carbocycles. The van der Waals surface area contributed by atoms with Crippen LogP contribution in [0.2, 0.25) is 0 Å². The van der Waals surface area contributed by atoms with Gasteiger partial charge in [-0.1, -0.05) is 251 Å². The van der Waals surface area contributed by atoms with Gasteiger partial charge in [-0.25, -0.2) is 0 Å². The number of carbonyl (C=O) groups excluding carboxylic acids is 3. The molecule has 0 rings (SSSR count). The molecule has 0 bridgehead atoms. The molecule has 0 fully saturated rings. The Morgan fingerprint density at radius 2 is 0.520 bits per heavy atom. The summed E-state index contributed by atoms with van der Waals surface area (Å²) in [6, 6.07) is 0. The molecular weight excluding hydrogens is 925 g/mol. The number of hydrogen-bond donors (Lipinski definition) is 0.